The van der Waals surface area contributed by atoms with Crippen LogP contribution in [0.5, 0.6) is 0 Å². The summed E-state index contributed by atoms with van der Waals surface area (Å²) in [6.45, 7) is 7.89. The summed E-state index contributed by atoms with van der Waals surface area (Å²) in [5.41, 5.74) is 0.109. The van der Waals surface area contributed by atoms with Crippen LogP contribution < -0.4 is 5.32 Å². The number of nitrogens with one attached hydrogen (secondary N) is 1. The van der Waals surface area contributed by atoms with Crippen LogP contribution in [0.15, 0.2) is 0 Å². The maximum Gasteiger partial charge on any atom is 0.0499 e. The van der Waals surface area contributed by atoms with E-state index in [0.717, 1.165) is 25.3 Å². The number of rotatable bonds is 8. The molecule has 2 N–H and O–H groups in total. The van der Waals surface area contributed by atoms with Crippen LogP contribution >= 0.6 is 0 Å². The summed E-state index contributed by atoms with van der Waals surface area (Å²) < 4.78 is 0. The average Bonchev–Trinajstić information content (AvgIpc) is 3.05. The Bertz CT molecular complexity index is 165. The Morgan fingerprint density at radius 1 is 1.33 bits per heavy atom. The van der Waals surface area contributed by atoms with Crippen molar-refractivity contribution in [3.63, 3.8) is 0 Å². The van der Waals surface area contributed by atoms with Crippen LogP contribution in [0.3, 0.4) is 0 Å². The molecule has 0 aromatic carbocycles. The van der Waals surface area contributed by atoms with Crippen LogP contribution in [0, 0.1) is 11.3 Å². The van der Waals surface area contributed by atoms with E-state index < -0.39 is 0 Å². The highest BCUT2D eigenvalue weighted by atomic mass is 16.3. The molecule has 2 heteroatoms. The molecule has 0 heterocycles. The number of aliphatic hydroxyl groups excluding tert-OH is 1. The number of hydrogen-bond acceptors (Lipinski definition) is 2. The second-order valence-corrected chi connectivity index (χ2v) is 5.33. The van der Waals surface area contributed by atoms with Gasteiger partial charge in [0.15, 0.2) is 0 Å². The van der Waals surface area contributed by atoms with Crippen LogP contribution in [0.1, 0.15) is 52.9 Å². The molecule has 0 amide bonds. The quantitative estimate of drug-likeness (QED) is 0.649. The van der Waals surface area contributed by atoms with Gasteiger partial charge in [0.25, 0.3) is 0 Å². The largest absolute Gasteiger partial charge is 0.396 e. The van der Waals surface area contributed by atoms with E-state index in [-0.39, 0.29) is 5.41 Å². The molecule has 0 aromatic rings. The third kappa shape index (κ3) is 4.12. The summed E-state index contributed by atoms with van der Waals surface area (Å²) in [5.74, 6) is 0.985. The molecule has 1 aliphatic rings. The predicted octanol–water partition coefficient (Wildman–Crippen LogP) is 2.56. The topological polar surface area (TPSA) is 32.3 Å². The summed E-state index contributed by atoms with van der Waals surface area (Å²) in [4.78, 5) is 0. The fourth-order valence-electron chi connectivity index (χ4n) is 2.11. The Morgan fingerprint density at radius 3 is 2.33 bits per heavy atom. The van der Waals surface area contributed by atoms with Crippen LogP contribution in [-0.4, -0.2) is 24.3 Å². The molecular weight excluding hydrogens is 186 g/mol. The van der Waals surface area contributed by atoms with Gasteiger partial charge < -0.3 is 10.4 Å². The lowest BCUT2D eigenvalue weighted by Crippen LogP contribution is -2.40. The molecule has 1 aliphatic carbocycles. The second-order valence-electron chi connectivity index (χ2n) is 5.33. The van der Waals surface area contributed by atoms with Gasteiger partial charge in [0.05, 0.1) is 0 Å². The van der Waals surface area contributed by atoms with E-state index in [1.54, 1.807) is 0 Å². The zero-order valence-corrected chi connectivity index (χ0v) is 10.6. The number of hydrogen-bond donors (Lipinski definition) is 2. The fraction of sp³-hybridized carbons (Fsp3) is 1.00. The molecule has 0 bridgehead atoms. The molecule has 1 fully saturated rings. The van der Waals surface area contributed by atoms with Gasteiger partial charge in [0, 0.05) is 24.6 Å². The number of aliphatic hydroxyl groups is 1. The van der Waals surface area contributed by atoms with Crippen molar-refractivity contribution in [3.8, 4) is 0 Å². The minimum atomic E-state index is 0.109. The van der Waals surface area contributed by atoms with Crippen LogP contribution in [0.2, 0.25) is 0 Å². The van der Waals surface area contributed by atoms with Crippen LogP contribution in [0.25, 0.3) is 0 Å². The van der Waals surface area contributed by atoms with Crippen molar-refractivity contribution in [2.24, 2.45) is 11.3 Å². The Morgan fingerprint density at radius 2 is 1.93 bits per heavy atom. The van der Waals surface area contributed by atoms with Crippen molar-refractivity contribution >= 4 is 0 Å². The van der Waals surface area contributed by atoms with Gasteiger partial charge in [-0.25, -0.2) is 0 Å². The van der Waals surface area contributed by atoms with Crippen molar-refractivity contribution in [1.82, 2.24) is 5.32 Å². The van der Waals surface area contributed by atoms with E-state index in [1.165, 1.54) is 19.3 Å². The molecule has 0 aliphatic heterocycles. The van der Waals surface area contributed by atoms with Gasteiger partial charge in [-0.3, -0.25) is 0 Å². The van der Waals surface area contributed by atoms with Gasteiger partial charge in [-0.1, -0.05) is 26.7 Å². The summed E-state index contributed by atoms with van der Waals surface area (Å²) in [5, 5.41) is 13.0. The van der Waals surface area contributed by atoms with E-state index in [9.17, 15) is 5.11 Å². The van der Waals surface area contributed by atoms with E-state index in [1.807, 2.05) is 0 Å². The molecule has 15 heavy (non-hydrogen) atoms. The Labute approximate surface area is 94.5 Å². The standard InChI is InChI=1S/C13H27NO/c1-4-13(5-2,10-15)9-14-11(3)8-12-6-7-12/h11-12,14-15H,4-10H2,1-3H3. The summed E-state index contributed by atoms with van der Waals surface area (Å²) in [7, 11) is 0. The van der Waals surface area contributed by atoms with E-state index in [2.05, 4.69) is 26.1 Å². The van der Waals surface area contributed by atoms with E-state index >= 15 is 0 Å². The Kier molecular flexibility index (Phi) is 5.07. The maximum absolute atomic E-state index is 9.44. The smallest absolute Gasteiger partial charge is 0.0499 e. The van der Waals surface area contributed by atoms with Gasteiger partial charge >= 0.3 is 0 Å². The van der Waals surface area contributed by atoms with Crippen molar-refractivity contribution in [2.75, 3.05) is 13.2 Å². The SMILES string of the molecule is CCC(CC)(CO)CNC(C)CC1CC1. The molecular formula is C13H27NO. The third-order valence-electron chi connectivity index (χ3n) is 4.04. The predicted molar refractivity (Wildman–Crippen MR) is 64.9 cm³/mol. The first-order valence-corrected chi connectivity index (χ1v) is 6.50. The fourth-order valence-corrected chi connectivity index (χ4v) is 2.11. The van der Waals surface area contributed by atoms with Crippen LogP contribution in [-0.2, 0) is 0 Å². The summed E-state index contributed by atoms with van der Waals surface area (Å²) in [6, 6.07) is 0.613. The highest BCUT2D eigenvalue weighted by Gasteiger charge is 2.27. The first-order chi connectivity index (χ1) is 7.15. The first kappa shape index (κ1) is 13.0. The molecule has 1 unspecified atom stereocenters. The maximum atomic E-state index is 9.44. The molecule has 1 rings (SSSR count). The van der Waals surface area contributed by atoms with Crippen LogP contribution in [0.4, 0.5) is 0 Å². The molecule has 90 valence electrons. The van der Waals surface area contributed by atoms with Crippen molar-refractivity contribution < 1.29 is 5.11 Å². The second kappa shape index (κ2) is 5.86. The third-order valence-corrected chi connectivity index (χ3v) is 4.04. The van der Waals surface area contributed by atoms with Gasteiger partial charge in [0.1, 0.15) is 0 Å². The molecule has 1 saturated carbocycles. The Balaban J connectivity index is 2.24. The van der Waals surface area contributed by atoms with Crippen molar-refractivity contribution in [2.45, 2.75) is 58.9 Å². The normalized spacial score (nSPS) is 19.2. The lowest BCUT2D eigenvalue weighted by molar-refractivity contribution is 0.110. The summed E-state index contributed by atoms with van der Waals surface area (Å²) in [6.07, 6.45) is 6.29. The zero-order chi connectivity index (χ0) is 11.3. The highest BCUT2D eigenvalue weighted by Crippen LogP contribution is 2.33. The summed E-state index contributed by atoms with van der Waals surface area (Å²) >= 11 is 0. The average molecular weight is 213 g/mol. The molecule has 2 nitrogen and oxygen atoms in total. The van der Waals surface area contributed by atoms with E-state index in [0.29, 0.717) is 12.6 Å². The van der Waals surface area contributed by atoms with Gasteiger partial charge in [-0.15, -0.1) is 0 Å². The molecule has 0 spiro atoms. The minimum Gasteiger partial charge on any atom is -0.396 e. The van der Waals surface area contributed by atoms with Gasteiger partial charge in [-0.2, -0.15) is 0 Å². The monoisotopic (exact) mass is 213 g/mol. The highest BCUT2D eigenvalue weighted by molar-refractivity contribution is 4.82. The van der Waals surface area contributed by atoms with Crippen molar-refractivity contribution in [3.05, 3.63) is 0 Å². The lowest BCUT2D eigenvalue weighted by Gasteiger charge is -2.31. The van der Waals surface area contributed by atoms with E-state index in [4.69, 9.17) is 0 Å². The van der Waals surface area contributed by atoms with Gasteiger partial charge in [-0.05, 0) is 32.1 Å². The molecule has 1 atom stereocenters. The van der Waals surface area contributed by atoms with Crippen molar-refractivity contribution in [1.29, 1.82) is 0 Å². The van der Waals surface area contributed by atoms with Gasteiger partial charge in [0.2, 0.25) is 0 Å². The molecule has 0 saturated heterocycles. The molecule has 0 aromatic heterocycles. The minimum absolute atomic E-state index is 0.109. The first-order valence-electron chi connectivity index (χ1n) is 6.50. The molecule has 0 radical (unpaired) electrons. The Hall–Kier alpha value is -0.0800. The lowest BCUT2D eigenvalue weighted by atomic mass is 9.83. The zero-order valence-electron chi connectivity index (χ0n) is 10.6.